The number of anilines is 2. The molecule has 6 heteroatoms. The molecule has 2 nitrogen and oxygen atoms in total. The molecule has 0 heterocycles. The summed E-state index contributed by atoms with van der Waals surface area (Å²) in [5.74, 6) is -3.74. The standard InChI is InChI=1S/C12H8F4N2/c13-5-1-2-8(14)6(3-5)7-4-9(15)11(17)12(18)10(7)16/h1-4H,17-18H2. The summed E-state index contributed by atoms with van der Waals surface area (Å²) in [6.07, 6.45) is 0. The first-order valence-corrected chi connectivity index (χ1v) is 4.90. The van der Waals surface area contributed by atoms with Crippen molar-refractivity contribution >= 4 is 11.4 Å². The van der Waals surface area contributed by atoms with Crippen molar-refractivity contribution in [2.24, 2.45) is 0 Å². The molecule has 0 bridgehead atoms. The van der Waals surface area contributed by atoms with Gasteiger partial charge in [0.15, 0.2) is 5.82 Å². The van der Waals surface area contributed by atoms with Gasteiger partial charge in [-0.05, 0) is 24.3 Å². The van der Waals surface area contributed by atoms with Gasteiger partial charge in [-0.25, -0.2) is 17.6 Å². The Kier molecular flexibility index (Phi) is 2.86. The third-order valence-corrected chi connectivity index (χ3v) is 2.51. The van der Waals surface area contributed by atoms with Crippen LogP contribution in [-0.4, -0.2) is 0 Å². The second kappa shape index (κ2) is 4.21. The summed E-state index contributed by atoms with van der Waals surface area (Å²) < 4.78 is 53.6. The molecule has 0 saturated heterocycles. The second-order valence-corrected chi connectivity index (χ2v) is 3.67. The lowest BCUT2D eigenvalue weighted by Crippen LogP contribution is -2.03. The number of rotatable bonds is 1. The molecule has 0 spiro atoms. The molecule has 18 heavy (non-hydrogen) atoms. The molecule has 0 unspecified atom stereocenters. The molecule has 0 aliphatic rings. The van der Waals surface area contributed by atoms with Crippen LogP contribution in [0.5, 0.6) is 0 Å². The van der Waals surface area contributed by atoms with Crippen LogP contribution in [-0.2, 0) is 0 Å². The third-order valence-electron chi connectivity index (χ3n) is 2.51. The number of hydrogen-bond acceptors (Lipinski definition) is 2. The van der Waals surface area contributed by atoms with E-state index in [1.54, 1.807) is 0 Å². The highest BCUT2D eigenvalue weighted by atomic mass is 19.1. The molecule has 0 aliphatic carbocycles. The average molecular weight is 256 g/mol. The summed E-state index contributed by atoms with van der Waals surface area (Å²) in [5.41, 5.74) is 8.36. The van der Waals surface area contributed by atoms with Gasteiger partial charge in [-0.2, -0.15) is 0 Å². The topological polar surface area (TPSA) is 52.0 Å². The Labute approximate surface area is 99.8 Å². The van der Waals surface area contributed by atoms with Gasteiger partial charge in [-0.1, -0.05) is 0 Å². The van der Waals surface area contributed by atoms with Crippen LogP contribution < -0.4 is 11.5 Å². The summed E-state index contributed by atoms with van der Waals surface area (Å²) >= 11 is 0. The lowest BCUT2D eigenvalue weighted by Gasteiger charge is -2.10. The molecule has 0 aliphatic heterocycles. The molecule has 2 rings (SSSR count). The summed E-state index contributed by atoms with van der Waals surface area (Å²) in [6.45, 7) is 0. The molecule has 2 aromatic carbocycles. The van der Waals surface area contributed by atoms with Crippen molar-refractivity contribution in [1.82, 2.24) is 0 Å². The van der Waals surface area contributed by atoms with E-state index >= 15 is 0 Å². The van der Waals surface area contributed by atoms with E-state index in [-0.39, 0.29) is 0 Å². The van der Waals surface area contributed by atoms with Crippen LogP contribution in [0, 0.1) is 23.3 Å². The van der Waals surface area contributed by atoms with Gasteiger partial charge < -0.3 is 11.5 Å². The Morgan fingerprint density at radius 3 is 2.06 bits per heavy atom. The Balaban J connectivity index is 2.75. The van der Waals surface area contributed by atoms with Crippen LogP contribution in [0.2, 0.25) is 0 Å². The Morgan fingerprint density at radius 2 is 1.39 bits per heavy atom. The molecule has 0 radical (unpaired) electrons. The first-order valence-electron chi connectivity index (χ1n) is 4.90. The molecule has 0 saturated carbocycles. The molecular weight excluding hydrogens is 248 g/mol. The van der Waals surface area contributed by atoms with Gasteiger partial charge in [0.2, 0.25) is 0 Å². The maximum Gasteiger partial charge on any atom is 0.156 e. The fourth-order valence-electron chi connectivity index (χ4n) is 1.56. The van der Waals surface area contributed by atoms with Crippen molar-refractivity contribution in [3.63, 3.8) is 0 Å². The fraction of sp³-hybridized carbons (Fsp3) is 0. The maximum atomic E-state index is 13.8. The zero-order valence-electron chi connectivity index (χ0n) is 8.98. The van der Waals surface area contributed by atoms with Crippen LogP contribution in [0.1, 0.15) is 0 Å². The smallest absolute Gasteiger partial charge is 0.156 e. The van der Waals surface area contributed by atoms with Crippen LogP contribution in [0.25, 0.3) is 11.1 Å². The lowest BCUT2D eigenvalue weighted by molar-refractivity contribution is 0.594. The van der Waals surface area contributed by atoms with Crippen molar-refractivity contribution in [3.05, 3.63) is 47.5 Å². The van der Waals surface area contributed by atoms with Crippen LogP contribution in [0.4, 0.5) is 28.9 Å². The Morgan fingerprint density at radius 1 is 0.722 bits per heavy atom. The predicted molar refractivity (Wildman–Crippen MR) is 60.5 cm³/mol. The van der Waals surface area contributed by atoms with E-state index in [4.69, 9.17) is 11.5 Å². The summed E-state index contributed by atoms with van der Waals surface area (Å²) in [5, 5.41) is 0. The highest BCUT2D eigenvalue weighted by molar-refractivity contribution is 5.76. The molecule has 0 aromatic heterocycles. The average Bonchev–Trinajstić information content (AvgIpc) is 2.34. The van der Waals surface area contributed by atoms with Crippen molar-refractivity contribution < 1.29 is 17.6 Å². The number of hydrogen-bond donors (Lipinski definition) is 2. The molecule has 0 amide bonds. The first-order chi connectivity index (χ1) is 8.41. The van der Waals surface area contributed by atoms with Crippen molar-refractivity contribution in [2.75, 3.05) is 11.5 Å². The van der Waals surface area contributed by atoms with Gasteiger partial charge in [0.1, 0.15) is 17.5 Å². The van der Waals surface area contributed by atoms with Gasteiger partial charge in [-0.3, -0.25) is 0 Å². The Bertz CT molecular complexity index is 626. The molecule has 4 N–H and O–H groups in total. The van der Waals surface area contributed by atoms with E-state index < -0.39 is 45.8 Å². The first kappa shape index (κ1) is 12.2. The highest BCUT2D eigenvalue weighted by Crippen LogP contribution is 2.33. The predicted octanol–water partition coefficient (Wildman–Crippen LogP) is 3.07. The zero-order valence-corrected chi connectivity index (χ0v) is 8.98. The monoisotopic (exact) mass is 256 g/mol. The van der Waals surface area contributed by atoms with Crippen LogP contribution >= 0.6 is 0 Å². The van der Waals surface area contributed by atoms with E-state index in [0.717, 1.165) is 18.2 Å². The van der Waals surface area contributed by atoms with Gasteiger partial charge in [0, 0.05) is 11.1 Å². The second-order valence-electron chi connectivity index (χ2n) is 3.67. The van der Waals surface area contributed by atoms with E-state index in [1.165, 1.54) is 0 Å². The third kappa shape index (κ3) is 1.85. The maximum absolute atomic E-state index is 13.8. The molecular formula is C12H8F4N2. The minimum atomic E-state index is -1.08. The van der Waals surface area contributed by atoms with Gasteiger partial charge in [-0.15, -0.1) is 0 Å². The SMILES string of the molecule is Nc1c(F)cc(-c2cc(F)ccc2F)c(F)c1N. The molecule has 2 aromatic rings. The minimum Gasteiger partial charge on any atom is -0.395 e. The number of nitrogens with two attached hydrogens (primary N) is 2. The zero-order chi connectivity index (χ0) is 13.4. The largest absolute Gasteiger partial charge is 0.395 e. The summed E-state index contributed by atoms with van der Waals surface area (Å²) in [7, 11) is 0. The fourth-order valence-corrected chi connectivity index (χ4v) is 1.56. The van der Waals surface area contributed by atoms with Gasteiger partial charge in [0.25, 0.3) is 0 Å². The van der Waals surface area contributed by atoms with Crippen molar-refractivity contribution in [1.29, 1.82) is 0 Å². The molecule has 0 atom stereocenters. The summed E-state index contributed by atoms with van der Waals surface area (Å²) in [6, 6.07) is 3.12. The van der Waals surface area contributed by atoms with Gasteiger partial charge >= 0.3 is 0 Å². The molecule has 94 valence electrons. The van der Waals surface area contributed by atoms with E-state index in [9.17, 15) is 17.6 Å². The number of halogens is 4. The number of benzene rings is 2. The lowest BCUT2D eigenvalue weighted by atomic mass is 10.0. The number of nitrogen functional groups attached to an aromatic ring is 2. The van der Waals surface area contributed by atoms with Crippen molar-refractivity contribution in [3.8, 4) is 11.1 Å². The van der Waals surface area contributed by atoms with Crippen molar-refractivity contribution in [2.45, 2.75) is 0 Å². The quantitative estimate of drug-likeness (QED) is 0.608. The van der Waals surface area contributed by atoms with Crippen LogP contribution in [0.15, 0.2) is 24.3 Å². The highest BCUT2D eigenvalue weighted by Gasteiger charge is 2.18. The van der Waals surface area contributed by atoms with E-state index in [0.29, 0.717) is 6.07 Å². The van der Waals surface area contributed by atoms with Gasteiger partial charge in [0.05, 0.1) is 11.4 Å². The van der Waals surface area contributed by atoms with E-state index in [2.05, 4.69) is 0 Å². The normalized spacial score (nSPS) is 10.7. The summed E-state index contributed by atoms with van der Waals surface area (Å²) in [4.78, 5) is 0. The van der Waals surface area contributed by atoms with Crippen LogP contribution in [0.3, 0.4) is 0 Å². The van der Waals surface area contributed by atoms with E-state index in [1.807, 2.05) is 0 Å². The molecule has 0 fully saturated rings. The Hall–Kier alpha value is -2.24. The minimum absolute atomic E-state index is 0.418.